The topological polar surface area (TPSA) is 57.8 Å². The van der Waals surface area contributed by atoms with Crippen molar-refractivity contribution in [3.8, 4) is 11.3 Å². The molecule has 4 nitrogen and oxygen atoms in total. The number of amides is 1. The van der Waals surface area contributed by atoms with Crippen molar-refractivity contribution >= 4 is 22.9 Å². The van der Waals surface area contributed by atoms with Gasteiger partial charge in [0.15, 0.2) is 0 Å². The average Bonchev–Trinajstić information content (AvgIpc) is 3.17. The van der Waals surface area contributed by atoms with Crippen LogP contribution in [0.3, 0.4) is 0 Å². The molecule has 1 aromatic carbocycles. The van der Waals surface area contributed by atoms with Crippen LogP contribution in [0.15, 0.2) is 47.2 Å². The maximum Gasteiger partial charge on any atom is 0.255 e. The summed E-state index contributed by atoms with van der Waals surface area (Å²) in [5.74, 6) is -0.122. The summed E-state index contributed by atoms with van der Waals surface area (Å²) < 4.78 is 0. The summed E-state index contributed by atoms with van der Waals surface area (Å²) >= 11 is 1.61. The highest BCUT2D eigenvalue weighted by Gasteiger charge is 2.17. The molecule has 0 bridgehead atoms. The molecule has 0 unspecified atom stereocenters. The van der Waals surface area contributed by atoms with Crippen LogP contribution in [0.25, 0.3) is 11.3 Å². The second-order valence-electron chi connectivity index (χ2n) is 4.61. The number of benzene rings is 1. The quantitative estimate of drug-likeness (QED) is 0.766. The van der Waals surface area contributed by atoms with Gasteiger partial charge in [-0.25, -0.2) is 0 Å². The lowest BCUT2D eigenvalue weighted by Crippen LogP contribution is -2.13. The molecule has 106 valence electrons. The highest BCUT2D eigenvalue weighted by Crippen LogP contribution is 2.30. The number of H-pyrrole nitrogens is 1. The van der Waals surface area contributed by atoms with E-state index in [1.54, 1.807) is 23.5 Å². The van der Waals surface area contributed by atoms with Crippen LogP contribution < -0.4 is 5.32 Å². The minimum atomic E-state index is -0.122. The maximum absolute atomic E-state index is 12.4. The second-order valence-corrected chi connectivity index (χ2v) is 5.39. The summed E-state index contributed by atoms with van der Waals surface area (Å²) in [6, 6.07) is 11.2. The van der Waals surface area contributed by atoms with Gasteiger partial charge in [0.25, 0.3) is 5.91 Å². The Balaban J connectivity index is 1.94. The van der Waals surface area contributed by atoms with Gasteiger partial charge in [-0.05, 0) is 30.0 Å². The molecular formula is C16H15N3OS. The number of thiophene rings is 1. The van der Waals surface area contributed by atoms with Crippen molar-refractivity contribution in [3.05, 3.63) is 58.4 Å². The first-order valence-electron chi connectivity index (χ1n) is 6.75. The maximum atomic E-state index is 12.4. The number of nitrogens with zero attached hydrogens (tertiary/aromatic N) is 1. The van der Waals surface area contributed by atoms with Crippen LogP contribution in [0.5, 0.6) is 0 Å². The van der Waals surface area contributed by atoms with Crippen molar-refractivity contribution in [2.45, 2.75) is 13.3 Å². The highest BCUT2D eigenvalue weighted by atomic mass is 32.1. The molecule has 3 aromatic rings. The smallest absolute Gasteiger partial charge is 0.255 e. The van der Waals surface area contributed by atoms with Crippen LogP contribution in [0.1, 0.15) is 23.0 Å². The van der Waals surface area contributed by atoms with Crippen LogP contribution in [0.4, 0.5) is 5.69 Å². The molecule has 0 saturated heterocycles. The van der Waals surface area contributed by atoms with Gasteiger partial charge in [0, 0.05) is 16.5 Å². The summed E-state index contributed by atoms with van der Waals surface area (Å²) in [7, 11) is 0. The molecule has 2 aromatic heterocycles. The Morgan fingerprint density at radius 3 is 2.76 bits per heavy atom. The van der Waals surface area contributed by atoms with Gasteiger partial charge in [0.1, 0.15) is 5.69 Å². The van der Waals surface area contributed by atoms with Gasteiger partial charge in [0.2, 0.25) is 0 Å². The van der Waals surface area contributed by atoms with E-state index >= 15 is 0 Å². The number of carbonyl (C=O) groups excluding carboxylic acids is 1. The zero-order chi connectivity index (χ0) is 14.7. The Morgan fingerprint density at radius 2 is 2.10 bits per heavy atom. The van der Waals surface area contributed by atoms with Crippen LogP contribution in [-0.4, -0.2) is 16.1 Å². The normalized spacial score (nSPS) is 10.5. The lowest BCUT2D eigenvalue weighted by molar-refractivity contribution is 0.102. The van der Waals surface area contributed by atoms with Crippen molar-refractivity contribution < 1.29 is 4.79 Å². The molecule has 1 amide bonds. The van der Waals surface area contributed by atoms with E-state index in [1.165, 1.54) is 0 Å². The van der Waals surface area contributed by atoms with Crippen LogP contribution in [-0.2, 0) is 6.42 Å². The van der Waals surface area contributed by atoms with Gasteiger partial charge >= 0.3 is 0 Å². The van der Waals surface area contributed by atoms with E-state index in [1.807, 2.05) is 41.9 Å². The number of aryl methyl sites for hydroxylation is 1. The average molecular weight is 297 g/mol. The first-order chi connectivity index (χ1) is 10.3. The highest BCUT2D eigenvalue weighted by molar-refractivity contribution is 7.08. The number of carbonyl (C=O) groups is 1. The summed E-state index contributed by atoms with van der Waals surface area (Å²) in [6.45, 7) is 2.03. The third kappa shape index (κ3) is 2.73. The van der Waals surface area contributed by atoms with Crippen molar-refractivity contribution in [3.63, 3.8) is 0 Å². The molecule has 2 N–H and O–H groups in total. The van der Waals surface area contributed by atoms with Gasteiger partial charge in [0.05, 0.1) is 11.4 Å². The van der Waals surface area contributed by atoms with Gasteiger partial charge in [-0.15, -0.1) is 0 Å². The van der Waals surface area contributed by atoms with Crippen molar-refractivity contribution in [2.24, 2.45) is 0 Å². The third-order valence-electron chi connectivity index (χ3n) is 3.26. The van der Waals surface area contributed by atoms with E-state index in [0.717, 1.165) is 29.1 Å². The first-order valence-corrected chi connectivity index (χ1v) is 7.70. The number of nitrogens with one attached hydrogen (secondary N) is 2. The molecule has 0 aliphatic rings. The van der Waals surface area contributed by atoms with Crippen molar-refractivity contribution in [1.29, 1.82) is 0 Å². The summed E-state index contributed by atoms with van der Waals surface area (Å²) in [5.41, 5.74) is 4.14. The Morgan fingerprint density at radius 1 is 1.29 bits per heavy atom. The molecule has 0 fully saturated rings. The minimum absolute atomic E-state index is 0.122. The van der Waals surface area contributed by atoms with E-state index in [2.05, 4.69) is 15.5 Å². The predicted molar refractivity (Wildman–Crippen MR) is 85.7 cm³/mol. The van der Waals surface area contributed by atoms with Crippen LogP contribution >= 0.6 is 11.3 Å². The molecule has 0 atom stereocenters. The van der Waals surface area contributed by atoms with Gasteiger partial charge in [-0.3, -0.25) is 9.89 Å². The Bertz CT molecular complexity index is 732. The Hall–Kier alpha value is -2.40. The first kappa shape index (κ1) is 13.6. The second kappa shape index (κ2) is 5.93. The molecule has 0 spiro atoms. The van der Waals surface area contributed by atoms with E-state index in [4.69, 9.17) is 0 Å². The SMILES string of the molecule is CCc1[nH]nc(-c2ccsc2)c1NC(=O)c1ccccc1. The van der Waals surface area contributed by atoms with E-state index in [9.17, 15) is 4.79 Å². The molecule has 0 aliphatic carbocycles. The van der Waals surface area contributed by atoms with Crippen LogP contribution in [0, 0.1) is 0 Å². The predicted octanol–water partition coefficient (Wildman–Crippen LogP) is 3.95. The van der Waals surface area contributed by atoms with Crippen LogP contribution in [0.2, 0.25) is 0 Å². The molecule has 0 aliphatic heterocycles. The van der Waals surface area contributed by atoms with Gasteiger partial charge in [-0.1, -0.05) is 25.1 Å². The number of hydrogen-bond donors (Lipinski definition) is 2. The lowest BCUT2D eigenvalue weighted by Gasteiger charge is -2.07. The molecule has 0 radical (unpaired) electrons. The summed E-state index contributed by atoms with van der Waals surface area (Å²) in [6.07, 6.45) is 0.779. The molecular weight excluding hydrogens is 282 g/mol. The van der Waals surface area contributed by atoms with Crippen molar-refractivity contribution in [2.75, 3.05) is 5.32 Å². The zero-order valence-electron chi connectivity index (χ0n) is 11.6. The molecule has 2 heterocycles. The largest absolute Gasteiger partial charge is 0.319 e. The number of aromatic amines is 1. The number of hydrogen-bond acceptors (Lipinski definition) is 3. The monoisotopic (exact) mass is 297 g/mol. The Kier molecular flexibility index (Phi) is 3.83. The Labute approximate surface area is 126 Å². The number of rotatable bonds is 4. The van der Waals surface area contributed by atoms with Gasteiger partial charge < -0.3 is 5.32 Å². The van der Waals surface area contributed by atoms with E-state index < -0.39 is 0 Å². The summed E-state index contributed by atoms with van der Waals surface area (Å²) in [5, 5.41) is 14.4. The summed E-state index contributed by atoms with van der Waals surface area (Å²) in [4.78, 5) is 12.4. The molecule has 0 saturated carbocycles. The van der Waals surface area contributed by atoms with Crippen molar-refractivity contribution in [1.82, 2.24) is 10.2 Å². The number of anilines is 1. The molecule has 3 rings (SSSR count). The lowest BCUT2D eigenvalue weighted by atomic mass is 10.1. The molecule has 5 heteroatoms. The fourth-order valence-electron chi connectivity index (χ4n) is 2.15. The fourth-order valence-corrected chi connectivity index (χ4v) is 2.79. The van der Waals surface area contributed by atoms with Gasteiger partial charge in [-0.2, -0.15) is 16.4 Å². The third-order valence-corrected chi connectivity index (χ3v) is 3.95. The van der Waals surface area contributed by atoms with E-state index in [-0.39, 0.29) is 5.91 Å². The minimum Gasteiger partial charge on any atom is -0.319 e. The fraction of sp³-hybridized carbons (Fsp3) is 0.125. The zero-order valence-corrected chi connectivity index (χ0v) is 12.4. The molecule has 21 heavy (non-hydrogen) atoms. The van der Waals surface area contributed by atoms with E-state index in [0.29, 0.717) is 5.56 Å². The number of aromatic nitrogens is 2. The standard InChI is InChI=1S/C16H15N3OS/c1-2-13-15(14(19-18-13)12-8-9-21-10-12)17-16(20)11-6-4-3-5-7-11/h3-10H,2H2,1H3,(H,17,20)(H,18,19).